The summed E-state index contributed by atoms with van der Waals surface area (Å²) in [7, 11) is 0. The Morgan fingerprint density at radius 2 is 2.05 bits per heavy atom. The van der Waals surface area contributed by atoms with Gasteiger partial charge in [-0.1, -0.05) is 11.6 Å². The van der Waals surface area contributed by atoms with Gasteiger partial charge in [0.05, 0.1) is 11.2 Å². The standard InChI is InChI=1S/C12H6ClF2NO3/c13-9-2-1-7(4-10(9)15)19-11-8(12(17)18)3-6(14)5-16-11/h1-5H,(H,17,18). The number of ether oxygens (including phenoxy) is 1. The quantitative estimate of drug-likeness (QED) is 0.937. The molecular weight excluding hydrogens is 280 g/mol. The molecule has 0 saturated carbocycles. The molecule has 1 aromatic carbocycles. The molecule has 19 heavy (non-hydrogen) atoms. The smallest absolute Gasteiger partial charge is 0.341 e. The summed E-state index contributed by atoms with van der Waals surface area (Å²) in [5.74, 6) is -3.28. The minimum atomic E-state index is -1.41. The van der Waals surface area contributed by atoms with Crippen molar-refractivity contribution in [3.8, 4) is 11.6 Å². The van der Waals surface area contributed by atoms with Crippen molar-refractivity contribution in [3.05, 3.63) is 52.7 Å². The van der Waals surface area contributed by atoms with Crippen LogP contribution in [0.3, 0.4) is 0 Å². The first-order valence-electron chi connectivity index (χ1n) is 4.99. The first-order chi connectivity index (χ1) is 8.97. The van der Waals surface area contributed by atoms with Gasteiger partial charge in [0.25, 0.3) is 0 Å². The summed E-state index contributed by atoms with van der Waals surface area (Å²) in [6, 6.07) is 4.31. The summed E-state index contributed by atoms with van der Waals surface area (Å²) in [6.45, 7) is 0. The second-order valence-electron chi connectivity index (χ2n) is 3.49. The number of hydrogen-bond acceptors (Lipinski definition) is 3. The van der Waals surface area contributed by atoms with Gasteiger partial charge < -0.3 is 9.84 Å². The van der Waals surface area contributed by atoms with Crippen molar-refractivity contribution in [1.82, 2.24) is 4.98 Å². The van der Waals surface area contributed by atoms with E-state index in [0.717, 1.165) is 18.3 Å². The fourth-order valence-corrected chi connectivity index (χ4v) is 1.43. The van der Waals surface area contributed by atoms with E-state index in [1.807, 2.05) is 0 Å². The van der Waals surface area contributed by atoms with Crippen LogP contribution in [-0.4, -0.2) is 16.1 Å². The average Bonchev–Trinajstić information content (AvgIpc) is 2.36. The van der Waals surface area contributed by atoms with Gasteiger partial charge in [0, 0.05) is 6.07 Å². The predicted octanol–water partition coefficient (Wildman–Crippen LogP) is 3.50. The molecule has 0 amide bonds. The van der Waals surface area contributed by atoms with E-state index in [-0.39, 0.29) is 16.7 Å². The van der Waals surface area contributed by atoms with Crippen LogP contribution >= 0.6 is 11.6 Å². The largest absolute Gasteiger partial charge is 0.477 e. The maximum atomic E-state index is 13.2. The van der Waals surface area contributed by atoms with E-state index < -0.39 is 23.2 Å². The van der Waals surface area contributed by atoms with Crippen LogP contribution in [0.5, 0.6) is 11.6 Å². The van der Waals surface area contributed by atoms with E-state index in [1.165, 1.54) is 12.1 Å². The molecule has 0 fully saturated rings. The molecule has 2 aromatic rings. The van der Waals surface area contributed by atoms with Gasteiger partial charge >= 0.3 is 5.97 Å². The highest BCUT2D eigenvalue weighted by Gasteiger charge is 2.15. The summed E-state index contributed by atoms with van der Waals surface area (Å²) < 4.78 is 31.2. The first-order valence-corrected chi connectivity index (χ1v) is 5.37. The normalized spacial score (nSPS) is 10.3. The van der Waals surface area contributed by atoms with E-state index in [1.54, 1.807) is 0 Å². The number of carboxylic acids is 1. The molecule has 0 saturated heterocycles. The van der Waals surface area contributed by atoms with Gasteiger partial charge in [0.2, 0.25) is 5.88 Å². The van der Waals surface area contributed by atoms with Crippen molar-refractivity contribution in [1.29, 1.82) is 0 Å². The molecule has 4 nitrogen and oxygen atoms in total. The fourth-order valence-electron chi connectivity index (χ4n) is 1.31. The Kier molecular flexibility index (Phi) is 3.62. The summed E-state index contributed by atoms with van der Waals surface area (Å²) in [6.07, 6.45) is 0.800. The molecule has 0 bridgehead atoms. The lowest BCUT2D eigenvalue weighted by molar-refractivity contribution is 0.0692. The monoisotopic (exact) mass is 285 g/mol. The zero-order chi connectivity index (χ0) is 14.0. The minimum Gasteiger partial charge on any atom is -0.477 e. The van der Waals surface area contributed by atoms with Crippen molar-refractivity contribution in [2.75, 3.05) is 0 Å². The highest BCUT2D eigenvalue weighted by molar-refractivity contribution is 6.30. The number of carboxylic acid groups (broad SMARTS) is 1. The maximum absolute atomic E-state index is 13.2. The highest BCUT2D eigenvalue weighted by Crippen LogP contribution is 2.26. The Morgan fingerprint density at radius 1 is 1.32 bits per heavy atom. The molecule has 0 spiro atoms. The SMILES string of the molecule is O=C(O)c1cc(F)cnc1Oc1ccc(Cl)c(F)c1. The molecule has 1 N–H and O–H groups in total. The molecule has 1 aromatic heterocycles. The van der Waals surface area contributed by atoms with Crippen LogP contribution in [0.25, 0.3) is 0 Å². The van der Waals surface area contributed by atoms with Crippen molar-refractivity contribution in [2.24, 2.45) is 0 Å². The molecule has 2 rings (SSSR count). The lowest BCUT2D eigenvalue weighted by atomic mass is 10.2. The van der Waals surface area contributed by atoms with E-state index in [2.05, 4.69) is 4.98 Å². The number of benzene rings is 1. The molecule has 0 radical (unpaired) electrons. The van der Waals surface area contributed by atoms with Gasteiger partial charge in [0.15, 0.2) is 0 Å². The summed E-state index contributed by atoms with van der Waals surface area (Å²) in [5, 5.41) is 8.79. The van der Waals surface area contributed by atoms with Crippen LogP contribution < -0.4 is 4.74 Å². The van der Waals surface area contributed by atoms with E-state index in [9.17, 15) is 13.6 Å². The summed E-state index contributed by atoms with van der Waals surface area (Å²) in [5.41, 5.74) is -0.463. The fraction of sp³-hybridized carbons (Fsp3) is 0. The molecule has 1 heterocycles. The number of pyridine rings is 1. The second kappa shape index (κ2) is 5.19. The number of nitrogens with zero attached hydrogens (tertiary/aromatic N) is 1. The molecular formula is C12H6ClF2NO3. The van der Waals surface area contributed by atoms with Crippen molar-refractivity contribution in [2.45, 2.75) is 0 Å². The molecule has 7 heteroatoms. The lowest BCUT2D eigenvalue weighted by Crippen LogP contribution is -2.03. The Balaban J connectivity index is 2.37. The Hall–Kier alpha value is -2.21. The van der Waals surface area contributed by atoms with Crippen LogP contribution in [0, 0.1) is 11.6 Å². The molecule has 0 atom stereocenters. The van der Waals surface area contributed by atoms with Gasteiger partial charge in [-0.3, -0.25) is 0 Å². The lowest BCUT2D eigenvalue weighted by Gasteiger charge is -2.07. The predicted molar refractivity (Wildman–Crippen MR) is 62.6 cm³/mol. The van der Waals surface area contributed by atoms with Crippen LogP contribution in [0.2, 0.25) is 5.02 Å². The van der Waals surface area contributed by atoms with Gasteiger partial charge in [-0.2, -0.15) is 0 Å². The zero-order valence-corrected chi connectivity index (χ0v) is 9.99. The number of rotatable bonds is 3. The third-order valence-electron chi connectivity index (χ3n) is 2.15. The maximum Gasteiger partial charge on any atom is 0.341 e. The molecule has 98 valence electrons. The number of halogens is 3. The molecule has 0 aliphatic carbocycles. The minimum absolute atomic E-state index is 0.00325. The summed E-state index contributed by atoms with van der Waals surface area (Å²) >= 11 is 5.50. The van der Waals surface area contributed by atoms with Crippen molar-refractivity contribution < 1.29 is 23.4 Å². The third kappa shape index (κ3) is 2.97. The van der Waals surface area contributed by atoms with Gasteiger partial charge in [-0.25, -0.2) is 18.6 Å². The van der Waals surface area contributed by atoms with E-state index >= 15 is 0 Å². The van der Waals surface area contributed by atoms with Crippen molar-refractivity contribution in [3.63, 3.8) is 0 Å². The van der Waals surface area contributed by atoms with Gasteiger partial charge in [-0.05, 0) is 18.2 Å². The topological polar surface area (TPSA) is 59.4 Å². The zero-order valence-electron chi connectivity index (χ0n) is 9.23. The van der Waals surface area contributed by atoms with Crippen LogP contribution in [0.15, 0.2) is 30.5 Å². The first kappa shape index (κ1) is 13.2. The van der Waals surface area contributed by atoms with Crippen LogP contribution in [0.4, 0.5) is 8.78 Å². The summed E-state index contributed by atoms with van der Waals surface area (Å²) in [4.78, 5) is 14.4. The van der Waals surface area contributed by atoms with E-state index in [4.69, 9.17) is 21.4 Å². The van der Waals surface area contributed by atoms with Crippen LogP contribution in [0.1, 0.15) is 10.4 Å². The second-order valence-corrected chi connectivity index (χ2v) is 3.90. The Labute approximate surface area is 111 Å². The van der Waals surface area contributed by atoms with Gasteiger partial charge in [-0.15, -0.1) is 0 Å². The number of carbonyl (C=O) groups is 1. The van der Waals surface area contributed by atoms with Crippen LogP contribution in [-0.2, 0) is 0 Å². The Morgan fingerprint density at radius 3 is 2.68 bits per heavy atom. The molecule has 0 aliphatic rings. The van der Waals surface area contributed by atoms with Gasteiger partial charge in [0.1, 0.15) is 22.9 Å². The Bertz CT molecular complexity index is 649. The number of aromatic carboxylic acids is 1. The highest BCUT2D eigenvalue weighted by atomic mass is 35.5. The number of hydrogen-bond donors (Lipinski definition) is 1. The third-order valence-corrected chi connectivity index (χ3v) is 2.46. The molecule has 0 aliphatic heterocycles. The molecule has 0 unspecified atom stereocenters. The van der Waals surface area contributed by atoms with Crippen molar-refractivity contribution >= 4 is 17.6 Å². The average molecular weight is 286 g/mol. The van der Waals surface area contributed by atoms with E-state index in [0.29, 0.717) is 0 Å². The number of aromatic nitrogens is 1.